The first-order chi connectivity index (χ1) is 5.92. The van der Waals surface area contributed by atoms with E-state index in [0.29, 0.717) is 0 Å². The molecule has 2 rings (SSSR count). The molecule has 1 N–H and O–H groups in total. The minimum Gasteiger partial charge on any atom is -0.285 e. The van der Waals surface area contributed by atoms with Crippen LogP contribution in [0, 0.1) is 0 Å². The molecular weight excluding hydrogens is 148 g/mol. The van der Waals surface area contributed by atoms with Gasteiger partial charge in [-0.25, -0.2) is 5.43 Å². The van der Waals surface area contributed by atoms with E-state index in [2.05, 4.69) is 42.0 Å². The second-order valence-corrected chi connectivity index (χ2v) is 2.81. The van der Waals surface area contributed by atoms with Crippen LogP contribution in [0.5, 0.6) is 0 Å². The summed E-state index contributed by atoms with van der Waals surface area (Å²) in [5, 5.41) is 2.03. The van der Waals surface area contributed by atoms with Crippen LogP contribution in [0.1, 0.15) is 5.56 Å². The van der Waals surface area contributed by atoms with E-state index >= 15 is 0 Å². The number of hydrogen-bond acceptors (Lipinski definition) is 2. The van der Waals surface area contributed by atoms with Crippen LogP contribution < -0.4 is 10.4 Å². The van der Waals surface area contributed by atoms with Crippen LogP contribution in [0.4, 0.5) is 5.69 Å². The lowest BCUT2D eigenvalue weighted by molar-refractivity contribution is 0.809. The maximum absolute atomic E-state index is 3.11. The first kappa shape index (κ1) is 7.37. The van der Waals surface area contributed by atoms with Gasteiger partial charge in [0, 0.05) is 13.2 Å². The summed E-state index contributed by atoms with van der Waals surface area (Å²) in [7, 11) is 1.92. The molecule has 0 bridgehead atoms. The van der Waals surface area contributed by atoms with Gasteiger partial charge >= 0.3 is 0 Å². The molecule has 0 aromatic heterocycles. The van der Waals surface area contributed by atoms with E-state index in [0.717, 1.165) is 6.42 Å². The fourth-order valence-corrected chi connectivity index (χ4v) is 1.48. The fraction of sp³-hybridized carbons (Fsp3) is 0.200. The van der Waals surface area contributed by atoms with Crippen LogP contribution in [0.25, 0.3) is 0 Å². The van der Waals surface area contributed by atoms with E-state index in [4.69, 9.17) is 0 Å². The average Bonchev–Trinajstić information content (AvgIpc) is 2.17. The van der Waals surface area contributed by atoms with Gasteiger partial charge in [-0.2, -0.15) is 0 Å². The van der Waals surface area contributed by atoms with Crippen LogP contribution in [0.2, 0.25) is 0 Å². The van der Waals surface area contributed by atoms with Gasteiger partial charge in [0.1, 0.15) is 0 Å². The molecule has 0 radical (unpaired) electrons. The highest BCUT2D eigenvalue weighted by Gasteiger charge is 2.08. The topological polar surface area (TPSA) is 15.3 Å². The Morgan fingerprint density at radius 2 is 2.17 bits per heavy atom. The van der Waals surface area contributed by atoms with Crippen molar-refractivity contribution in [3.8, 4) is 0 Å². The van der Waals surface area contributed by atoms with Crippen LogP contribution in [-0.2, 0) is 6.42 Å². The van der Waals surface area contributed by atoms with Crippen molar-refractivity contribution in [2.24, 2.45) is 0 Å². The highest BCUT2D eigenvalue weighted by Crippen LogP contribution is 2.23. The number of hydrazine groups is 1. The van der Waals surface area contributed by atoms with E-state index in [1.807, 2.05) is 12.1 Å². The van der Waals surface area contributed by atoms with Gasteiger partial charge in [0.15, 0.2) is 0 Å². The molecule has 2 heteroatoms. The van der Waals surface area contributed by atoms with Crippen molar-refractivity contribution >= 4 is 5.69 Å². The Balaban J connectivity index is 2.43. The third-order valence-corrected chi connectivity index (χ3v) is 2.08. The molecule has 1 aromatic carbocycles. The number of rotatable bonds is 1. The normalized spacial score (nSPS) is 14.6. The summed E-state index contributed by atoms with van der Waals surface area (Å²) < 4.78 is 0. The van der Waals surface area contributed by atoms with Crippen LogP contribution in [-0.4, -0.2) is 7.05 Å². The summed E-state index contributed by atoms with van der Waals surface area (Å²) in [6.07, 6.45) is 5.25. The smallest absolute Gasteiger partial charge is 0.0605 e. The number of hydrogen-bond donors (Lipinski definition) is 1. The highest BCUT2D eigenvalue weighted by atomic mass is 15.5. The van der Waals surface area contributed by atoms with Crippen LogP contribution in [0.15, 0.2) is 36.5 Å². The third-order valence-electron chi connectivity index (χ3n) is 2.08. The zero-order valence-corrected chi connectivity index (χ0v) is 7.12. The predicted octanol–water partition coefficient (Wildman–Crippen LogP) is 1.70. The molecule has 1 aromatic rings. The molecule has 0 saturated carbocycles. The minimum atomic E-state index is 1.04. The summed E-state index contributed by atoms with van der Waals surface area (Å²) in [6.45, 7) is 0. The maximum Gasteiger partial charge on any atom is 0.0605 e. The Kier molecular flexibility index (Phi) is 1.84. The van der Waals surface area contributed by atoms with E-state index in [1.54, 1.807) is 0 Å². The summed E-state index contributed by atoms with van der Waals surface area (Å²) in [6, 6.07) is 8.41. The van der Waals surface area contributed by atoms with Crippen molar-refractivity contribution in [3.05, 3.63) is 42.1 Å². The molecule has 0 spiro atoms. The number of nitrogens with one attached hydrogen (secondary N) is 1. The molecule has 0 atom stereocenters. The van der Waals surface area contributed by atoms with Gasteiger partial charge in [-0.05, 0) is 18.1 Å². The van der Waals surface area contributed by atoms with Gasteiger partial charge in [-0.1, -0.05) is 24.3 Å². The van der Waals surface area contributed by atoms with Gasteiger partial charge in [0.2, 0.25) is 0 Å². The van der Waals surface area contributed by atoms with Crippen molar-refractivity contribution < 1.29 is 0 Å². The minimum absolute atomic E-state index is 1.04. The number of anilines is 1. The maximum atomic E-state index is 3.11. The molecule has 1 heterocycles. The van der Waals surface area contributed by atoms with Crippen molar-refractivity contribution in [2.75, 3.05) is 12.1 Å². The SMILES string of the molecule is CNN1C=CCc2ccccc21. The zero-order chi connectivity index (χ0) is 8.39. The summed E-state index contributed by atoms with van der Waals surface area (Å²) in [5.41, 5.74) is 5.73. The van der Waals surface area contributed by atoms with Gasteiger partial charge in [-0.3, -0.25) is 5.01 Å². The molecule has 0 unspecified atom stereocenters. The average molecular weight is 160 g/mol. The second kappa shape index (κ2) is 2.99. The van der Waals surface area contributed by atoms with E-state index in [1.165, 1.54) is 11.3 Å². The van der Waals surface area contributed by atoms with Crippen LogP contribution >= 0.6 is 0 Å². The molecule has 62 valence electrons. The molecule has 2 nitrogen and oxygen atoms in total. The fourth-order valence-electron chi connectivity index (χ4n) is 1.48. The molecule has 0 aliphatic carbocycles. The zero-order valence-electron chi connectivity index (χ0n) is 7.12. The number of benzene rings is 1. The first-order valence-electron chi connectivity index (χ1n) is 4.13. The molecule has 0 fully saturated rings. The first-order valence-corrected chi connectivity index (χ1v) is 4.13. The molecular formula is C10H12N2. The Bertz CT molecular complexity index is 304. The number of fused-ring (bicyclic) bond motifs is 1. The lowest BCUT2D eigenvalue weighted by Crippen LogP contribution is -2.31. The number of allylic oxidation sites excluding steroid dienone is 1. The van der Waals surface area contributed by atoms with E-state index in [9.17, 15) is 0 Å². The predicted molar refractivity (Wildman–Crippen MR) is 50.8 cm³/mol. The molecule has 1 aliphatic rings. The van der Waals surface area contributed by atoms with Crippen molar-refractivity contribution in [3.63, 3.8) is 0 Å². The van der Waals surface area contributed by atoms with Gasteiger partial charge in [-0.15, -0.1) is 0 Å². The number of nitrogens with zero attached hydrogens (tertiary/aromatic N) is 1. The Morgan fingerprint density at radius 3 is 3.00 bits per heavy atom. The van der Waals surface area contributed by atoms with Crippen molar-refractivity contribution in [1.82, 2.24) is 5.43 Å². The van der Waals surface area contributed by atoms with Gasteiger partial charge in [0.05, 0.1) is 5.69 Å². The Hall–Kier alpha value is -1.28. The largest absolute Gasteiger partial charge is 0.285 e. The molecule has 1 aliphatic heterocycles. The number of para-hydroxylation sites is 1. The van der Waals surface area contributed by atoms with E-state index < -0.39 is 0 Å². The lowest BCUT2D eigenvalue weighted by Gasteiger charge is -2.24. The molecule has 0 saturated heterocycles. The van der Waals surface area contributed by atoms with Crippen molar-refractivity contribution in [2.45, 2.75) is 6.42 Å². The highest BCUT2D eigenvalue weighted by molar-refractivity contribution is 5.57. The Labute approximate surface area is 72.5 Å². The van der Waals surface area contributed by atoms with Gasteiger partial charge < -0.3 is 0 Å². The summed E-state index contributed by atoms with van der Waals surface area (Å²) in [4.78, 5) is 0. The molecule has 12 heavy (non-hydrogen) atoms. The standard InChI is InChI=1S/C10H12N2/c1-11-12-8-4-6-9-5-2-3-7-10(9)12/h2-5,7-8,11H,6H2,1H3. The van der Waals surface area contributed by atoms with Crippen molar-refractivity contribution in [1.29, 1.82) is 0 Å². The monoisotopic (exact) mass is 160 g/mol. The van der Waals surface area contributed by atoms with E-state index in [-0.39, 0.29) is 0 Å². The third kappa shape index (κ3) is 1.10. The van der Waals surface area contributed by atoms with Gasteiger partial charge in [0.25, 0.3) is 0 Å². The second-order valence-electron chi connectivity index (χ2n) is 2.81. The Morgan fingerprint density at radius 1 is 1.33 bits per heavy atom. The summed E-state index contributed by atoms with van der Waals surface area (Å²) in [5.74, 6) is 0. The quantitative estimate of drug-likeness (QED) is 0.672. The van der Waals surface area contributed by atoms with Crippen LogP contribution in [0.3, 0.4) is 0 Å². The lowest BCUT2D eigenvalue weighted by atomic mass is 10.1. The summed E-state index contributed by atoms with van der Waals surface area (Å²) >= 11 is 0. The molecule has 0 amide bonds.